The monoisotopic (exact) mass is 381 g/mol. The first-order valence-electron chi connectivity index (χ1n) is 10.1. The van der Waals surface area contributed by atoms with Gasteiger partial charge in [0.2, 0.25) is 0 Å². The van der Waals surface area contributed by atoms with Crippen molar-refractivity contribution < 1.29 is 9.53 Å². The van der Waals surface area contributed by atoms with Gasteiger partial charge < -0.3 is 14.5 Å². The van der Waals surface area contributed by atoms with E-state index in [9.17, 15) is 4.79 Å². The molecule has 150 valence electrons. The van der Waals surface area contributed by atoms with Gasteiger partial charge in [-0.1, -0.05) is 12.1 Å². The molecular weight excluding hydrogens is 350 g/mol. The Bertz CT molecular complexity index is 746. The molecule has 0 atom stereocenters. The number of carbonyl (C=O) groups is 1. The highest BCUT2D eigenvalue weighted by Crippen LogP contribution is 2.18. The predicted octanol–water partition coefficient (Wildman–Crippen LogP) is 3.50. The minimum Gasteiger partial charge on any atom is -0.497 e. The van der Waals surface area contributed by atoms with Crippen LogP contribution >= 0.6 is 0 Å². The van der Waals surface area contributed by atoms with Crippen LogP contribution in [0, 0.1) is 0 Å². The lowest BCUT2D eigenvalue weighted by Crippen LogP contribution is -2.48. The molecule has 0 spiro atoms. The second kappa shape index (κ2) is 9.60. The third kappa shape index (κ3) is 4.84. The molecule has 0 N–H and O–H groups in total. The number of methoxy groups -OCH3 is 1. The van der Waals surface area contributed by atoms with Crippen LogP contribution in [0.2, 0.25) is 0 Å². The summed E-state index contributed by atoms with van der Waals surface area (Å²) in [5, 5.41) is 0. The van der Waals surface area contributed by atoms with Gasteiger partial charge in [-0.25, -0.2) is 0 Å². The molecule has 2 aromatic rings. The fraction of sp³-hybridized carbons (Fsp3) is 0.435. The number of hydrogen-bond donors (Lipinski definition) is 0. The van der Waals surface area contributed by atoms with Crippen molar-refractivity contribution in [3.63, 3.8) is 0 Å². The predicted molar refractivity (Wildman–Crippen MR) is 114 cm³/mol. The Labute approximate surface area is 168 Å². The zero-order valence-corrected chi connectivity index (χ0v) is 17.2. The first-order chi connectivity index (χ1) is 13.6. The summed E-state index contributed by atoms with van der Waals surface area (Å²) >= 11 is 0. The van der Waals surface area contributed by atoms with Crippen molar-refractivity contribution in [1.82, 2.24) is 9.80 Å². The second-order valence-electron chi connectivity index (χ2n) is 7.14. The lowest BCUT2D eigenvalue weighted by Gasteiger charge is -2.35. The van der Waals surface area contributed by atoms with Gasteiger partial charge in [0.25, 0.3) is 5.91 Å². The maximum atomic E-state index is 12.8. The molecule has 0 saturated carbocycles. The molecule has 0 bridgehead atoms. The van der Waals surface area contributed by atoms with Crippen molar-refractivity contribution in [3.05, 3.63) is 59.7 Å². The highest BCUT2D eigenvalue weighted by atomic mass is 16.5. The van der Waals surface area contributed by atoms with E-state index < -0.39 is 0 Å². The van der Waals surface area contributed by atoms with E-state index in [2.05, 4.69) is 47.9 Å². The molecule has 0 radical (unpaired) electrons. The van der Waals surface area contributed by atoms with E-state index in [1.54, 1.807) is 7.11 Å². The zero-order chi connectivity index (χ0) is 19.9. The molecule has 0 aliphatic carbocycles. The quantitative estimate of drug-likeness (QED) is 0.735. The van der Waals surface area contributed by atoms with Crippen LogP contribution in [-0.2, 0) is 6.54 Å². The Morgan fingerprint density at radius 3 is 2.07 bits per heavy atom. The first-order valence-corrected chi connectivity index (χ1v) is 10.1. The Kier molecular flexibility index (Phi) is 6.93. The molecule has 5 nitrogen and oxygen atoms in total. The van der Waals surface area contributed by atoms with Crippen LogP contribution in [0.3, 0.4) is 0 Å². The van der Waals surface area contributed by atoms with E-state index in [-0.39, 0.29) is 5.91 Å². The number of piperazine rings is 1. The Morgan fingerprint density at radius 2 is 1.54 bits per heavy atom. The molecule has 1 saturated heterocycles. The van der Waals surface area contributed by atoms with Gasteiger partial charge in [-0.05, 0) is 55.8 Å². The number of hydrogen-bond acceptors (Lipinski definition) is 4. The number of anilines is 1. The van der Waals surface area contributed by atoms with Gasteiger partial charge >= 0.3 is 0 Å². The molecule has 3 rings (SSSR count). The number of benzene rings is 2. The van der Waals surface area contributed by atoms with Crippen LogP contribution in [0.1, 0.15) is 29.8 Å². The van der Waals surface area contributed by atoms with Gasteiger partial charge in [-0.15, -0.1) is 0 Å². The number of ether oxygens (including phenoxy) is 1. The normalized spacial score (nSPS) is 14.8. The van der Waals surface area contributed by atoms with Crippen molar-refractivity contribution in [3.8, 4) is 5.75 Å². The number of rotatable bonds is 7. The second-order valence-corrected chi connectivity index (χ2v) is 7.14. The molecule has 0 aromatic heterocycles. The summed E-state index contributed by atoms with van der Waals surface area (Å²) in [6, 6.07) is 16.2. The molecule has 1 heterocycles. The van der Waals surface area contributed by atoms with Crippen molar-refractivity contribution in [2.75, 3.05) is 51.3 Å². The van der Waals surface area contributed by atoms with Gasteiger partial charge in [0.15, 0.2) is 0 Å². The maximum absolute atomic E-state index is 12.8. The third-order valence-electron chi connectivity index (χ3n) is 5.47. The number of amides is 1. The average molecular weight is 382 g/mol. The highest BCUT2D eigenvalue weighted by molar-refractivity contribution is 5.94. The van der Waals surface area contributed by atoms with Gasteiger partial charge in [0.1, 0.15) is 5.75 Å². The summed E-state index contributed by atoms with van der Waals surface area (Å²) in [6.07, 6.45) is 0. The Balaban J connectivity index is 1.53. The van der Waals surface area contributed by atoms with Gasteiger partial charge in [-0.3, -0.25) is 9.69 Å². The zero-order valence-electron chi connectivity index (χ0n) is 17.2. The van der Waals surface area contributed by atoms with E-state index in [1.165, 1.54) is 11.3 Å². The van der Waals surface area contributed by atoms with Gasteiger partial charge in [0.05, 0.1) is 7.11 Å². The summed E-state index contributed by atoms with van der Waals surface area (Å²) in [5.41, 5.74) is 3.22. The van der Waals surface area contributed by atoms with Crippen LogP contribution in [0.5, 0.6) is 5.75 Å². The lowest BCUT2D eigenvalue weighted by atomic mass is 10.1. The van der Waals surface area contributed by atoms with E-state index in [4.69, 9.17) is 4.74 Å². The molecule has 28 heavy (non-hydrogen) atoms. The Morgan fingerprint density at radius 1 is 0.929 bits per heavy atom. The van der Waals surface area contributed by atoms with Crippen LogP contribution < -0.4 is 9.64 Å². The number of carbonyl (C=O) groups excluding carboxylic acids is 1. The number of nitrogens with zero attached hydrogens (tertiary/aromatic N) is 3. The molecule has 1 amide bonds. The standard InChI is InChI=1S/C23H31N3O2/c1-4-25(5-2)21-10-8-20(9-11-21)23(27)26-16-14-24(15-17-26)18-19-6-12-22(28-3)13-7-19/h6-13H,4-5,14-18H2,1-3H3. The van der Waals surface area contributed by atoms with Gasteiger partial charge in [-0.2, -0.15) is 0 Å². The molecular formula is C23H31N3O2. The largest absolute Gasteiger partial charge is 0.497 e. The van der Waals surface area contributed by atoms with E-state index in [0.29, 0.717) is 0 Å². The smallest absolute Gasteiger partial charge is 0.253 e. The van der Waals surface area contributed by atoms with E-state index in [0.717, 1.165) is 57.1 Å². The van der Waals surface area contributed by atoms with Crippen LogP contribution in [-0.4, -0.2) is 62.1 Å². The fourth-order valence-electron chi connectivity index (χ4n) is 3.68. The molecule has 1 aliphatic heterocycles. The summed E-state index contributed by atoms with van der Waals surface area (Å²) in [4.78, 5) is 19.5. The van der Waals surface area contributed by atoms with Crippen molar-refractivity contribution in [2.45, 2.75) is 20.4 Å². The minimum atomic E-state index is 0.134. The maximum Gasteiger partial charge on any atom is 0.253 e. The van der Waals surface area contributed by atoms with Crippen LogP contribution in [0.15, 0.2) is 48.5 Å². The molecule has 1 fully saturated rings. The third-order valence-corrected chi connectivity index (χ3v) is 5.47. The molecule has 2 aromatic carbocycles. The minimum absolute atomic E-state index is 0.134. The summed E-state index contributed by atoms with van der Waals surface area (Å²) in [6.45, 7) is 10.5. The van der Waals surface area contributed by atoms with E-state index in [1.807, 2.05) is 29.2 Å². The lowest BCUT2D eigenvalue weighted by molar-refractivity contribution is 0.0628. The highest BCUT2D eigenvalue weighted by Gasteiger charge is 2.22. The van der Waals surface area contributed by atoms with Crippen LogP contribution in [0.4, 0.5) is 5.69 Å². The summed E-state index contributed by atoms with van der Waals surface area (Å²) in [7, 11) is 1.68. The SMILES string of the molecule is CCN(CC)c1ccc(C(=O)N2CCN(Cc3ccc(OC)cc3)CC2)cc1. The Hall–Kier alpha value is -2.53. The van der Waals surface area contributed by atoms with E-state index >= 15 is 0 Å². The average Bonchev–Trinajstić information content (AvgIpc) is 2.76. The van der Waals surface area contributed by atoms with Crippen molar-refractivity contribution in [2.24, 2.45) is 0 Å². The van der Waals surface area contributed by atoms with Crippen molar-refractivity contribution >= 4 is 11.6 Å². The molecule has 1 aliphatic rings. The first kappa shape index (κ1) is 20.2. The molecule has 0 unspecified atom stereocenters. The molecule has 5 heteroatoms. The fourth-order valence-corrected chi connectivity index (χ4v) is 3.68. The topological polar surface area (TPSA) is 36.0 Å². The van der Waals surface area contributed by atoms with Crippen molar-refractivity contribution in [1.29, 1.82) is 0 Å². The van der Waals surface area contributed by atoms with Crippen LogP contribution in [0.25, 0.3) is 0 Å². The summed E-state index contributed by atoms with van der Waals surface area (Å²) < 4.78 is 5.21. The van der Waals surface area contributed by atoms with Gasteiger partial charge in [0, 0.05) is 57.1 Å². The summed E-state index contributed by atoms with van der Waals surface area (Å²) in [5.74, 6) is 1.02.